The van der Waals surface area contributed by atoms with Gasteiger partial charge in [0.15, 0.2) is 5.79 Å². The molecule has 3 unspecified atom stereocenters. The highest BCUT2D eigenvalue weighted by Gasteiger charge is 2.44. The predicted octanol–water partition coefficient (Wildman–Crippen LogP) is 1.87. The summed E-state index contributed by atoms with van der Waals surface area (Å²) in [5.41, 5.74) is 0. The van der Waals surface area contributed by atoms with Crippen LogP contribution in [0.1, 0.15) is 34.1 Å². The van der Waals surface area contributed by atoms with Crippen LogP contribution >= 0.6 is 0 Å². The Morgan fingerprint density at radius 3 is 2.33 bits per heavy atom. The van der Waals surface area contributed by atoms with E-state index < -0.39 is 0 Å². The van der Waals surface area contributed by atoms with Gasteiger partial charge < -0.3 is 14.4 Å². The lowest BCUT2D eigenvalue weighted by molar-refractivity contribution is -0.145. The van der Waals surface area contributed by atoms with Crippen molar-refractivity contribution in [1.29, 1.82) is 0 Å². The first kappa shape index (κ1) is 11.4. The normalized spacial score (nSPS) is 46.2. The van der Waals surface area contributed by atoms with Gasteiger partial charge in [-0.05, 0) is 41.2 Å². The quantitative estimate of drug-likeness (QED) is 0.663. The lowest BCUT2D eigenvalue weighted by Gasteiger charge is -2.26. The van der Waals surface area contributed by atoms with Crippen molar-refractivity contribution >= 4 is 0 Å². The molecule has 2 aliphatic rings. The Hall–Kier alpha value is -0.120. The first-order chi connectivity index (χ1) is 6.91. The van der Waals surface area contributed by atoms with Crippen molar-refractivity contribution in [2.45, 2.75) is 58.1 Å². The minimum Gasteiger partial charge on any atom is -0.348 e. The van der Waals surface area contributed by atoms with E-state index in [9.17, 15) is 0 Å². The molecule has 0 spiro atoms. The molecule has 15 heavy (non-hydrogen) atoms. The van der Waals surface area contributed by atoms with Gasteiger partial charge in [-0.15, -0.1) is 0 Å². The summed E-state index contributed by atoms with van der Waals surface area (Å²) in [6.45, 7) is 9.34. The zero-order chi connectivity index (χ0) is 11.2. The van der Waals surface area contributed by atoms with Crippen molar-refractivity contribution in [2.75, 3.05) is 13.7 Å². The van der Waals surface area contributed by atoms with Gasteiger partial charge in [-0.1, -0.05) is 0 Å². The standard InChI is InChI=1S/C12H23NO2/c1-8-6-10(9(2)13(8)5)11-7-14-12(3,4)15-11/h8-11H,6-7H2,1-5H3/t8?,9-,10?,11?/m1/s1. The molecular formula is C12H23NO2. The maximum Gasteiger partial charge on any atom is 0.163 e. The molecule has 2 aliphatic heterocycles. The van der Waals surface area contributed by atoms with Gasteiger partial charge in [-0.3, -0.25) is 0 Å². The maximum atomic E-state index is 5.95. The average molecular weight is 213 g/mol. The Bertz CT molecular complexity index is 242. The second-order valence-corrected chi connectivity index (χ2v) is 5.52. The van der Waals surface area contributed by atoms with E-state index in [-0.39, 0.29) is 11.9 Å². The molecule has 0 aromatic rings. The molecule has 2 fully saturated rings. The van der Waals surface area contributed by atoms with Crippen molar-refractivity contribution in [3.05, 3.63) is 0 Å². The largest absolute Gasteiger partial charge is 0.348 e. The number of ether oxygens (including phenoxy) is 2. The molecule has 0 aromatic carbocycles. The molecule has 0 N–H and O–H groups in total. The van der Waals surface area contributed by atoms with Gasteiger partial charge in [0.2, 0.25) is 0 Å². The average Bonchev–Trinajstić information content (AvgIpc) is 2.62. The van der Waals surface area contributed by atoms with Gasteiger partial charge >= 0.3 is 0 Å². The smallest absolute Gasteiger partial charge is 0.163 e. The van der Waals surface area contributed by atoms with E-state index in [1.165, 1.54) is 6.42 Å². The number of hydrogen-bond donors (Lipinski definition) is 0. The zero-order valence-electron chi connectivity index (χ0n) is 10.5. The number of hydrogen-bond acceptors (Lipinski definition) is 3. The molecule has 2 rings (SSSR count). The lowest BCUT2D eigenvalue weighted by atomic mass is 9.94. The Morgan fingerprint density at radius 2 is 1.93 bits per heavy atom. The van der Waals surface area contributed by atoms with Crippen LogP contribution < -0.4 is 0 Å². The Kier molecular flexibility index (Phi) is 2.82. The Labute approximate surface area is 92.7 Å². The van der Waals surface area contributed by atoms with Crippen molar-refractivity contribution < 1.29 is 9.47 Å². The van der Waals surface area contributed by atoms with E-state index in [1.807, 2.05) is 13.8 Å². The van der Waals surface area contributed by atoms with Crippen LogP contribution in [0.3, 0.4) is 0 Å². The molecule has 0 saturated carbocycles. The first-order valence-electron chi connectivity index (χ1n) is 5.94. The summed E-state index contributed by atoms with van der Waals surface area (Å²) in [4.78, 5) is 2.44. The number of rotatable bonds is 1. The van der Waals surface area contributed by atoms with Crippen LogP contribution in [0.4, 0.5) is 0 Å². The molecule has 2 saturated heterocycles. The molecule has 3 heteroatoms. The second-order valence-electron chi connectivity index (χ2n) is 5.52. The summed E-state index contributed by atoms with van der Waals surface area (Å²) in [6, 6.07) is 1.26. The molecule has 2 heterocycles. The lowest BCUT2D eigenvalue weighted by Crippen LogP contribution is -2.35. The zero-order valence-corrected chi connectivity index (χ0v) is 10.5. The second kappa shape index (κ2) is 3.72. The monoisotopic (exact) mass is 213 g/mol. The summed E-state index contributed by atoms with van der Waals surface area (Å²) in [5, 5.41) is 0. The first-order valence-corrected chi connectivity index (χ1v) is 5.94. The minimum absolute atomic E-state index is 0.280. The van der Waals surface area contributed by atoms with Crippen LogP contribution in [0.5, 0.6) is 0 Å². The third kappa shape index (κ3) is 2.05. The number of nitrogens with zero attached hydrogens (tertiary/aromatic N) is 1. The third-order valence-electron chi connectivity index (χ3n) is 4.08. The topological polar surface area (TPSA) is 21.7 Å². The van der Waals surface area contributed by atoms with Crippen LogP contribution in [0.15, 0.2) is 0 Å². The highest BCUT2D eigenvalue weighted by molar-refractivity contribution is 4.93. The van der Waals surface area contributed by atoms with Gasteiger partial charge in [0.1, 0.15) is 0 Å². The Balaban J connectivity index is 2.01. The molecule has 88 valence electrons. The van der Waals surface area contributed by atoms with Crippen molar-refractivity contribution in [3.8, 4) is 0 Å². The van der Waals surface area contributed by atoms with E-state index in [1.54, 1.807) is 0 Å². The fraction of sp³-hybridized carbons (Fsp3) is 1.00. The SMILES string of the molecule is CC1CC(C2COC(C)(C)O2)[C@@H](C)N1C. The molecule has 0 aliphatic carbocycles. The highest BCUT2D eigenvalue weighted by atomic mass is 16.7. The summed E-state index contributed by atoms with van der Waals surface area (Å²) >= 11 is 0. The fourth-order valence-electron chi connectivity index (χ4n) is 2.85. The maximum absolute atomic E-state index is 5.95. The summed E-state index contributed by atoms with van der Waals surface area (Å²) < 4.78 is 11.6. The number of likely N-dealkylation sites (tertiary alicyclic amines) is 1. The van der Waals surface area contributed by atoms with Crippen molar-refractivity contribution in [1.82, 2.24) is 4.90 Å². The van der Waals surface area contributed by atoms with Gasteiger partial charge in [0.25, 0.3) is 0 Å². The van der Waals surface area contributed by atoms with Gasteiger partial charge in [0, 0.05) is 18.0 Å². The summed E-state index contributed by atoms with van der Waals surface area (Å²) in [6.07, 6.45) is 1.50. The third-order valence-corrected chi connectivity index (χ3v) is 4.08. The molecular weight excluding hydrogens is 190 g/mol. The van der Waals surface area contributed by atoms with E-state index in [2.05, 4.69) is 25.8 Å². The fourth-order valence-corrected chi connectivity index (χ4v) is 2.85. The van der Waals surface area contributed by atoms with E-state index in [4.69, 9.17) is 9.47 Å². The molecule has 0 bridgehead atoms. The van der Waals surface area contributed by atoms with Gasteiger partial charge in [-0.2, -0.15) is 0 Å². The molecule has 0 radical (unpaired) electrons. The van der Waals surface area contributed by atoms with Crippen LogP contribution in [-0.4, -0.2) is 42.5 Å². The van der Waals surface area contributed by atoms with E-state index in [0.717, 1.165) is 6.61 Å². The van der Waals surface area contributed by atoms with E-state index >= 15 is 0 Å². The van der Waals surface area contributed by atoms with Gasteiger partial charge in [-0.25, -0.2) is 0 Å². The van der Waals surface area contributed by atoms with Crippen LogP contribution in [-0.2, 0) is 9.47 Å². The minimum atomic E-state index is -0.380. The van der Waals surface area contributed by atoms with Crippen LogP contribution in [0.2, 0.25) is 0 Å². The highest BCUT2D eigenvalue weighted by Crippen LogP contribution is 2.36. The van der Waals surface area contributed by atoms with Gasteiger partial charge in [0.05, 0.1) is 12.7 Å². The molecule has 3 nitrogen and oxygen atoms in total. The molecule has 0 amide bonds. The predicted molar refractivity (Wildman–Crippen MR) is 59.7 cm³/mol. The summed E-state index contributed by atoms with van der Waals surface area (Å²) in [7, 11) is 2.20. The molecule has 4 atom stereocenters. The van der Waals surface area contributed by atoms with Crippen molar-refractivity contribution in [2.24, 2.45) is 5.92 Å². The van der Waals surface area contributed by atoms with Crippen LogP contribution in [0, 0.1) is 5.92 Å². The van der Waals surface area contributed by atoms with Crippen molar-refractivity contribution in [3.63, 3.8) is 0 Å². The van der Waals surface area contributed by atoms with E-state index in [0.29, 0.717) is 18.0 Å². The summed E-state index contributed by atoms with van der Waals surface area (Å²) in [5.74, 6) is 0.237. The Morgan fingerprint density at radius 1 is 1.27 bits per heavy atom. The van der Waals surface area contributed by atoms with Crippen LogP contribution in [0.25, 0.3) is 0 Å². The molecule has 0 aromatic heterocycles.